The molecule has 0 aliphatic carbocycles. The van der Waals surface area contributed by atoms with Crippen molar-refractivity contribution in [3.63, 3.8) is 0 Å². The van der Waals surface area contributed by atoms with Gasteiger partial charge in [-0.1, -0.05) is 19.1 Å². The number of hydrogen-bond donors (Lipinski definition) is 0. The Morgan fingerprint density at radius 1 is 1.16 bits per heavy atom. The maximum Gasteiger partial charge on any atom is 0.308 e. The molecular weight excluding hydrogens is 320 g/mol. The minimum Gasteiger partial charge on any atom is -0.427 e. The van der Waals surface area contributed by atoms with Crippen molar-refractivity contribution in [2.75, 3.05) is 39.4 Å². The van der Waals surface area contributed by atoms with E-state index in [-0.39, 0.29) is 11.9 Å². The van der Waals surface area contributed by atoms with Crippen LogP contribution in [0, 0.1) is 5.92 Å². The zero-order valence-electron chi connectivity index (χ0n) is 14.9. The summed E-state index contributed by atoms with van der Waals surface area (Å²) >= 11 is 0. The number of ether oxygens (including phenoxy) is 2. The lowest BCUT2D eigenvalue weighted by atomic mass is 10.0. The van der Waals surface area contributed by atoms with Gasteiger partial charge in [0.1, 0.15) is 5.75 Å². The summed E-state index contributed by atoms with van der Waals surface area (Å²) in [6.07, 6.45) is 0.378. The van der Waals surface area contributed by atoms with Crippen molar-refractivity contribution >= 4 is 11.9 Å². The highest BCUT2D eigenvalue weighted by Gasteiger charge is 2.36. The van der Waals surface area contributed by atoms with Gasteiger partial charge in [-0.15, -0.1) is 0 Å². The molecular formula is C19H26N2O4. The molecule has 1 amide bonds. The molecule has 0 bridgehead atoms. The number of rotatable bonds is 4. The number of benzene rings is 1. The molecule has 136 valence electrons. The van der Waals surface area contributed by atoms with E-state index < -0.39 is 0 Å². The average Bonchev–Trinajstić information content (AvgIpc) is 2.99. The first kappa shape index (κ1) is 17.9. The summed E-state index contributed by atoms with van der Waals surface area (Å²) < 4.78 is 10.4. The zero-order valence-corrected chi connectivity index (χ0v) is 14.9. The first-order valence-electron chi connectivity index (χ1n) is 8.90. The molecule has 0 aromatic heterocycles. The van der Waals surface area contributed by atoms with E-state index in [0.717, 1.165) is 45.0 Å². The fraction of sp³-hybridized carbons (Fsp3) is 0.579. The van der Waals surface area contributed by atoms with Crippen LogP contribution in [0.3, 0.4) is 0 Å². The van der Waals surface area contributed by atoms with Crippen molar-refractivity contribution in [3.05, 3.63) is 29.8 Å². The van der Waals surface area contributed by atoms with E-state index in [1.165, 1.54) is 6.92 Å². The highest BCUT2D eigenvalue weighted by molar-refractivity contribution is 5.79. The van der Waals surface area contributed by atoms with Gasteiger partial charge in [0.2, 0.25) is 5.91 Å². The molecule has 2 fully saturated rings. The van der Waals surface area contributed by atoms with Gasteiger partial charge < -0.3 is 14.4 Å². The molecule has 6 nitrogen and oxygen atoms in total. The van der Waals surface area contributed by atoms with Crippen molar-refractivity contribution in [1.29, 1.82) is 0 Å². The van der Waals surface area contributed by atoms with Crippen LogP contribution in [0.25, 0.3) is 0 Å². The number of carbonyl (C=O) groups excluding carboxylic acids is 2. The Hall–Kier alpha value is -1.92. The Balaban J connectivity index is 1.55. The molecule has 2 aliphatic heterocycles. The monoisotopic (exact) mass is 346 g/mol. The SMILES string of the molecule is CC(=O)Oc1ccc(CC(=O)N2C[C@@H](N3CCOCC3)[C@@H](C)C2)cc1. The molecule has 3 rings (SSSR count). The summed E-state index contributed by atoms with van der Waals surface area (Å²) in [7, 11) is 0. The Morgan fingerprint density at radius 2 is 1.84 bits per heavy atom. The van der Waals surface area contributed by atoms with E-state index in [1.807, 2.05) is 17.0 Å². The van der Waals surface area contributed by atoms with Gasteiger partial charge in [-0.2, -0.15) is 0 Å². The van der Waals surface area contributed by atoms with E-state index >= 15 is 0 Å². The quantitative estimate of drug-likeness (QED) is 0.608. The van der Waals surface area contributed by atoms with E-state index in [4.69, 9.17) is 9.47 Å². The highest BCUT2D eigenvalue weighted by atomic mass is 16.5. The largest absolute Gasteiger partial charge is 0.427 e. The number of likely N-dealkylation sites (tertiary alicyclic amines) is 1. The Morgan fingerprint density at radius 3 is 2.48 bits per heavy atom. The van der Waals surface area contributed by atoms with Crippen LogP contribution in [0.4, 0.5) is 0 Å². The number of hydrogen-bond acceptors (Lipinski definition) is 5. The normalized spacial score (nSPS) is 24.3. The fourth-order valence-electron chi connectivity index (χ4n) is 3.67. The first-order chi connectivity index (χ1) is 12.0. The Kier molecular flexibility index (Phi) is 5.71. The van der Waals surface area contributed by atoms with Crippen molar-refractivity contribution in [3.8, 4) is 5.75 Å². The van der Waals surface area contributed by atoms with Crippen LogP contribution >= 0.6 is 0 Å². The Bertz CT molecular complexity index is 610. The Labute approximate surface area is 148 Å². The molecule has 0 N–H and O–H groups in total. The van der Waals surface area contributed by atoms with Gasteiger partial charge in [0, 0.05) is 39.1 Å². The predicted octanol–water partition coefficient (Wildman–Crippen LogP) is 1.33. The molecule has 0 radical (unpaired) electrons. The van der Waals surface area contributed by atoms with Gasteiger partial charge in [-0.25, -0.2) is 0 Å². The molecule has 6 heteroatoms. The summed E-state index contributed by atoms with van der Waals surface area (Å²) in [5.41, 5.74) is 0.934. The van der Waals surface area contributed by atoms with Gasteiger partial charge in [-0.05, 0) is 23.6 Å². The van der Waals surface area contributed by atoms with Crippen LogP contribution < -0.4 is 4.74 Å². The van der Waals surface area contributed by atoms with Gasteiger partial charge in [0.05, 0.1) is 19.6 Å². The summed E-state index contributed by atoms with van der Waals surface area (Å²) in [6, 6.07) is 7.57. The van der Waals surface area contributed by atoms with Crippen LogP contribution in [-0.2, 0) is 20.7 Å². The molecule has 1 aromatic rings. The van der Waals surface area contributed by atoms with Gasteiger partial charge in [0.25, 0.3) is 0 Å². The van der Waals surface area contributed by atoms with Crippen LogP contribution in [0.5, 0.6) is 5.75 Å². The first-order valence-corrected chi connectivity index (χ1v) is 8.90. The van der Waals surface area contributed by atoms with Crippen molar-refractivity contribution in [2.45, 2.75) is 26.3 Å². The lowest BCUT2D eigenvalue weighted by Gasteiger charge is -2.34. The number of amides is 1. The van der Waals surface area contributed by atoms with Crippen LogP contribution in [0.1, 0.15) is 19.4 Å². The minimum absolute atomic E-state index is 0.155. The van der Waals surface area contributed by atoms with E-state index in [9.17, 15) is 9.59 Å². The second-order valence-corrected chi connectivity index (χ2v) is 6.91. The fourth-order valence-corrected chi connectivity index (χ4v) is 3.67. The third-order valence-corrected chi connectivity index (χ3v) is 4.98. The third kappa shape index (κ3) is 4.58. The maximum atomic E-state index is 12.6. The van der Waals surface area contributed by atoms with E-state index in [1.54, 1.807) is 12.1 Å². The van der Waals surface area contributed by atoms with Crippen LogP contribution in [-0.4, -0.2) is 67.1 Å². The second-order valence-electron chi connectivity index (χ2n) is 6.91. The summed E-state index contributed by atoms with van der Waals surface area (Å²) in [6.45, 7) is 8.68. The molecule has 2 heterocycles. The lowest BCUT2D eigenvalue weighted by Crippen LogP contribution is -2.47. The number of morpholine rings is 1. The lowest BCUT2D eigenvalue weighted by molar-refractivity contribution is -0.132. The van der Waals surface area contributed by atoms with Gasteiger partial charge in [-0.3, -0.25) is 14.5 Å². The van der Waals surface area contributed by atoms with Gasteiger partial charge in [0.15, 0.2) is 0 Å². The topological polar surface area (TPSA) is 59.1 Å². The number of carbonyl (C=O) groups is 2. The second kappa shape index (κ2) is 7.97. The highest BCUT2D eigenvalue weighted by Crippen LogP contribution is 2.23. The summed E-state index contributed by atoms with van der Waals surface area (Å²) in [4.78, 5) is 28.0. The molecule has 0 spiro atoms. The summed E-state index contributed by atoms with van der Waals surface area (Å²) in [5, 5.41) is 0. The standard InChI is InChI=1S/C19H26N2O4/c1-14-12-21(13-18(14)20-7-9-24-10-8-20)19(23)11-16-3-5-17(6-4-16)25-15(2)22/h3-6,14,18H,7-13H2,1-2H3/t14-,18+/m0/s1. The van der Waals surface area contributed by atoms with E-state index in [0.29, 0.717) is 24.1 Å². The minimum atomic E-state index is -0.343. The van der Waals surface area contributed by atoms with Crippen molar-refractivity contribution < 1.29 is 19.1 Å². The smallest absolute Gasteiger partial charge is 0.308 e. The van der Waals surface area contributed by atoms with Crippen molar-refractivity contribution in [1.82, 2.24) is 9.80 Å². The predicted molar refractivity (Wildman–Crippen MR) is 93.4 cm³/mol. The molecule has 2 aliphatic rings. The average molecular weight is 346 g/mol. The molecule has 0 unspecified atom stereocenters. The van der Waals surface area contributed by atoms with Crippen LogP contribution in [0.15, 0.2) is 24.3 Å². The molecule has 2 atom stereocenters. The number of nitrogens with zero attached hydrogens (tertiary/aromatic N) is 2. The molecule has 0 saturated carbocycles. The third-order valence-electron chi connectivity index (χ3n) is 4.98. The van der Waals surface area contributed by atoms with Crippen molar-refractivity contribution in [2.24, 2.45) is 5.92 Å². The zero-order chi connectivity index (χ0) is 17.8. The van der Waals surface area contributed by atoms with Gasteiger partial charge >= 0.3 is 5.97 Å². The molecule has 2 saturated heterocycles. The van der Waals surface area contributed by atoms with E-state index in [2.05, 4.69) is 11.8 Å². The summed E-state index contributed by atoms with van der Waals surface area (Å²) in [5.74, 6) is 0.797. The molecule has 1 aromatic carbocycles. The number of esters is 1. The van der Waals surface area contributed by atoms with Crippen LogP contribution in [0.2, 0.25) is 0 Å². The maximum absolute atomic E-state index is 12.6. The molecule has 25 heavy (non-hydrogen) atoms.